The van der Waals surface area contributed by atoms with Crippen LogP contribution in [-0.2, 0) is 16.1 Å². The van der Waals surface area contributed by atoms with Crippen LogP contribution in [0, 0.1) is 11.3 Å². The summed E-state index contributed by atoms with van der Waals surface area (Å²) in [5.41, 5.74) is 5.59. The molecule has 1 atom stereocenters. The fraction of sp³-hybridized carbons (Fsp3) is 0.194. The van der Waals surface area contributed by atoms with E-state index in [0.717, 1.165) is 11.1 Å². The first-order valence-corrected chi connectivity index (χ1v) is 12.3. The summed E-state index contributed by atoms with van der Waals surface area (Å²) in [5.74, 6) is -0.334. The molecule has 0 saturated carbocycles. The first-order chi connectivity index (χ1) is 18.5. The van der Waals surface area contributed by atoms with Crippen molar-refractivity contribution in [2.75, 3.05) is 13.7 Å². The van der Waals surface area contributed by atoms with E-state index >= 15 is 0 Å². The monoisotopic (exact) mass is 506 g/mol. The number of dihydropyridines is 1. The summed E-state index contributed by atoms with van der Waals surface area (Å²) in [6.45, 7) is 4.25. The van der Waals surface area contributed by atoms with Crippen molar-refractivity contribution in [3.05, 3.63) is 111 Å². The second-order valence-electron chi connectivity index (χ2n) is 8.95. The van der Waals surface area contributed by atoms with E-state index in [9.17, 15) is 14.9 Å². The molecule has 3 aromatic rings. The molecule has 0 saturated heterocycles. The Balaban J connectivity index is 1.58. The van der Waals surface area contributed by atoms with E-state index in [4.69, 9.17) is 14.2 Å². The quantitative estimate of drug-likeness (QED) is 0.436. The Hall–Kier alpha value is -4.83. The first kappa shape index (κ1) is 24.8. The fourth-order valence-corrected chi connectivity index (χ4v) is 5.05. The second-order valence-corrected chi connectivity index (χ2v) is 8.95. The molecular formula is C31H26N2O5. The molecule has 2 aliphatic rings. The van der Waals surface area contributed by atoms with E-state index in [1.165, 1.54) is 7.11 Å². The van der Waals surface area contributed by atoms with Crippen molar-refractivity contribution in [1.29, 1.82) is 5.26 Å². The number of hydrogen-bond donors (Lipinski definition) is 1. The minimum atomic E-state index is -0.661. The summed E-state index contributed by atoms with van der Waals surface area (Å²) in [4.78, 5) is 26.6. The van der Waals surface area contributed by atoms with Crippen molar-refractivity contribution in [1.82, 2.24) is 5.32 Å². The number of methoxy groups -OCH3 is 1. The zero-order chi connectivity index (χ0) is 26.8. The molecule has 0 amide bonds. The van der Waals surface area contributed by atoms with Gasteiger partial charge in [0.05, 0.1) is 36.6 Å². The molecule has 38 heavy (non-hydrogen) atoms. The van der Waals surface area contributed by atoms with Gasteiger partial charge in [-0.25, -0.2) is 4.79 Å². The molecule has 0 fully saturated rings. The van der Waals surface area contributed by atoms with E-state index in [1.54, 1.807) is 24.3 Å². The van der Waals surface area contributed by atoms with Gasteiger partial charge >= 0.3 is 5.97 Å². The molecule has 5 rings (SSSR count). The number of fused-ring (bicyclic) bond motifs is 2. The van der Waals surface area contributed by atoms with Gasteiger partial charge < -0.3 is 19.5 Å². The number of nitrogens with one attached hydrogen (secondary N) is 1. The number of carbonyl (C=O) groups excluding carboxylic acids is 2. The molecule has 7 nitrogen and oxygen atoms in total. The van der Waals surface area contributed by atoms with Crippen LogP contribution in [0.1, 0.15) is 52.4 Å². The molecule has 1 aliphatic heterocycles. The van der Waals surface area contributed by atoms with Crippen molar-refractivity contribution < 1.29 is 23.8 Å². The minimum absolute atomic E-state index is 0.131. The highest BCUT2D eigenvalue weighted by Crippen LogP contribution is 2.48. The van der Waals surface area contributed by atoms with Crippen molar-refractivity contribution in [2.24, 2.45) is 0 Å². The van der Waals surface area contributed by atoms with Crippen LogP contribution in [0.4, 0.5) is 0 Å². The predicted octanol–water partition coefficient (Wildman–Crippen LogP) is 5.28. The molecule has 0 bridgehead atoms. The molecule has 1 aliphatic carbocycles. The van der Waals surface area contributed by atoms with Crippen LogP contribution in [0.2, 0.25) is 0 Å². The Bertz CT molecular complexity index is 1560. The lowest BCUT2D eigenvalue weighted by molar-refractivity contribution is -0.136. The number of benzene rings is 3. The topological polar surface area (TPSA) is 97.7 Å². The summed E-state index contributed by atoms with van der Waals surface area (Å²) in [5, 5.41) is 12.7. The normalized spacial score (nSPS) is 15.8. The molecule has 0 unspecified atom stereocenters. The van der Waals surface area contributed by atoms with Crippen LogP contribution in [0.25, 0.3) is 5.70 Å². The average molecular weight is 507 g/mol. The van der Waals surface area contributed by atoms with Gasteiger partial charge in [-0.1, -0.05) is 48.5 Å². The molecule has 3 aromatic carbocycles. The van der Waals surface area contributed by atoms with Gasteiger partial charge in [-0.15, -0.1) is 0 Å². The fourth-order valence-electron chi connectivity index (χ4n) is 5.05. The van der Waals surface area contributed by atoms with Crippen molar-refractivity contribution in [2.45, 2.75) is 26.4 Å². The molecule has 1 heterocycles. The highest BCUT2D eigenvalue weighted by atomic mass is 16.5. The lowest BCUT2D eigenvalue weighted by Crippen LogP contribution is -2.29. The number of rotatable bonds is 7. The third-order valence-corrected chi connectivity index (χ3v) is 6.78. The highest BCUT2D eigenvalue weighted by Gasteiger charge is 2.43. The van der Waals surface area contributed by atoms with E-state index in [-0.39, 0.29) is 12.4 Å². The number of ether oxygens (including phenoxy) is 3. The van der Waals surface area contributed by atoms with Crippen LogP contribution in [-0.4, -0.2) is 25.5 Å². The summed E-state index contributed by atoms with van der Waals surface area (Å²) < 4.78 is 17.1. The molecule has 0 radical (unpaired) electrons. The van der Waals surface area contributed by atoms with Crippen LogP contribution in [0.5, 0.6) is 11.5 Å². The van der Waals surface area contributed by atoms with Gasteiger partial charge in [-0.3, -0.25) is 4.79 Å². The number of ketones is 1. The Morgan fingerprint density at radius 2 is 1.74 bits per heavy atom. The average Bonchev–Trinajstić information content (AvgIpc) is 3.22. The minimum Gasteiger partial charge on any atom is -0.490 e. The van der Waals surface area contributed by atoms with Gasteiger partial charge in [0.2, 0.25) is 0 Å². The molecule has 190 valence electrons. The largest absolute Gasteiger partial charge is 0.490 e. The van der Waals surface area contributed by atoms with Crippen molar-refractivity contribution in [3.63, 3.8) is 0 Å². The second kappa shape index (κ2) is 10.3. The van der Waals surface area contributed by atoms with Crippen LogP contribution < -0.4 is 14.8 Å². The Morgan fingerprint density at radius 3 is 2.47 bits per heavy atom. The first-order valence-electron chi connectivity index (χ1n) is 12.3. The standard InChI is InChI=1S/C31H26N2O5/c1-4-37-25-15-19(13-14-24(25)38-17-21-10-6-5-9-20(21)16-32)27-26(31(35)36-3)18(2)33-29-22-11-7-8-12-23(22)30(34)28(27)29/h5-15,27,33H,4,17H2,1-3H3/t27-/m0/s1. The molecule has 7 heteroatoms. The summed E-state index contributed by atoms with van der Waals surface area (Å²) in [6, 6.07) is 22.3. The van der Waals surface area contributed by atoms with Gasteiger partial charge in [0, 0.05) is 33.9 Å². The summed E-state index contributed by atoms with van der Waals surface area (Å²) in [6.07, 6.45) is 0. The number of esters is 1. The maximum atomic E-state index is 13.6. The third kappa shape index (κ3) is 4.20. The molecule has 0 spiro atoms. The van der Waals surface area contributed by atoms with Crippen molar-refractivity contribution in [3.8, 4) is 17.6 Å². The van der Waals surface area contributed by atoms with E-state index in [1.807, 2.05) is 56.3 Å². The van der Waals surface area contributed by atoms with E-state index < -0.39 is 11.9 Å². The van der Waals surface area contributed by atoms with Crippen molar-refractivity contribution >= 4 is 17.4 Å². The van der Waals surface area contributed by atoms with E-state index in [0.29, 0.717) is 57.3 Å². The van der Waals surface area contributed by atoms with Gasteiger partial charge in [-0.05, 0) is 37.6 Å². The smallest absolute Gasteiger partial charge is 0.336 e. The lowest BCUT2D eigenvalue weighted by atomic mass is 9.79. The van der Waals surface area contributed by atoms with Crippen LogP contribution in [0.3, 0.4) is 0 Å². The predicted molar refractivity (Wildman–Crippen MR) is 141 cm³/mol. The van der Waals surface area contributed by atoms with E-state index in [2.05, 4.69) is 11.4 Å². The number of allylic oxidation sites excluding steroid dienone is 2. The number of hydrogen-bond acceptors (Lipinski definition) is 7. The number of nitrogens with zero attached hydrogens (tertiary/aromatic N) is 1. The summed E-state index contributed by atoms with van der Waals surface area (Å²) >= 11 is 0. The zero-order valence-corrected chi connectivity index (χ0v) is 21.3. The SMILES string of the molecule is CCOc1cc([C@H]2C(C(=O)OC)=C(C)NC3=C2C(=O)c2ccccc23)ccc1OCc1ccccc1C#N. The molecule has 0 aromatic heterocycles. The van der Waals surface area contributed by atoms with Gasteiger partial charge in [0.25, 0.3) is 0 Å². The third-order valence-electron chi connectivity index (χ3n) is 6.78. The lowest BCUT2D eigenvalue weighted by Gasteiger charge is -2.29. The number of carbonyl (C=O) groups is 2. The van der Waals surface area contributed by atoms with Crippen LogP contribution in [0.15, 0.2) is 83.6 Å². The van der Waals surface area contributed by atoms with Gasteiger partial charge in [0.15, 0.2) is 17.3 Å². The van der Waals surface area contributed by atoms with Crippen LogP contribution >= 0.6 is 0 Å². The highest BCUT2D eigenvalue weighted by molar-refractivity contribution is 6.23. The Kier molecular flexibility index (Phi) is 6.71. The maximum Gasteiger partial charge on any atom is 0.336 e. The molecule has 1 N–H and O–H groups in total. The zero-order valence-electron chi connectivity index (χ0n) is 21.3. The Morgan fingerprint density at radius 1 is 1.00 bits per heavy atom. The van der Waals surface area contributed by atoms with Gasteiger partial charge in [-0.2, -0.15) is 5.26 Å². The molecular weight excluding hydrogens is 480 g/mol. The summed E-state index contributed by atoms with van der Waals surface area (Å²) in [7, 11) is 1.33. The number of Topliss-reactive ketones (excluding diaryl/α,β-unsaturated/α-hetero) is 1. The van der Waals surface area contributed by atoms with Gasteiger partial charge in [0.1, 0.15) is 6.61 Å². The number of nitriles is 1. The maximum absolute atomic E-state index is 13.6. The Labute approximate surface area is 221 Å².